The Kier molecular flexibility index (Phi) is 4.94. The summed E-state index contributed by atoms with van der Waals surface area (Å²) in [6.45, 7) is 2.39. The van der Waals surface area contributed by atoms with E-state index in [4.69, 9.17) is 9.47 Å². The molecular formula is C18H23N5O3. The lowest BCUT2D eigenvalue weighted by Crippen LogP contribution is -2.51. The first-order chi connectivity index (χ1) is 12.7. The number of aryl methyl sites for hydroxylation is 1. The van der Waals surface area contributed by atoms with Gasteiger partial charge < -0.3 is 14.4 Å². The van der Waals surface area contributed by atoms with E-state index < -0.39 is 0 Å². The molecule has 2 aliphatic rings. The molecule has 2 aromatic heterocycles. The number of amides is 1. The van der Waals surface area contributed by atoms with Crippen LogP contribution in [0, 0.1) is 5.92 Å². The number of aromatic nitrogens is 4. The largest absolute Gasteiger partial charge is 0.376 e. The number of nitrogens with zero attached hydrogens (tertiary/aromatic N) is 5. The van der Waals surface area contributed by atoms with Crippen molar-refractivity contribution in [3.05, 3.63) is 42.2 Å². The summed E-state index contributed by atoms with van der Waals surface area (Å²) in [5.41, 5.74) is 1.12. The Hall–Kier alpha value is -2.32. The highest BCUT2D eigenvalue weighted by atomic mass is 16.5. The summed E-state index contributed by atoms with van der Waals surface area (Å²) in [5, 5.41) is 4.15. The number of carbonyl (C=O) groups excluding carboxylic acids is 1. The highest BCUT2D eigenvalue weighted by Crippen LogP contribution is 2.35. The van der Waals surface area contributed by atoms with E-state index in [1.54, 1.807) is 30.5 Å². The molecule has 26 heavy (non-hydrogen) atoms. The SMILES string of the molecule is Cn1cnc(C(=O)N2CCO[C@@H]3C[C@@H](COCc4ccncc4)C[C@H]32)n1. The molecule has 0 bridgehead atoms. The van der Waals surface area contributed by atoms with Gasteiger partial charge in [-0.05, 0) is 36.5 Å². The van der Waals surface area contributed by atoms with Crippen LogP contribution in [0.25, 0.3) is 0 Å². The molecule has 1 saturated carbocycles. The van der Waals surface area contributed by atoms with Gasteiger partial charge in [0.1, 0.15) is 6.33 Å². The molecule has 0 unspecified atom stereocenters. The van der Waals surface area contributed by atoms with Crippen molar-refractivity contribution in [3.8, 4) is 0 Å². The summed E-state index contributed by atoms with van der Waals surface area (Å²) >= 11 is 0. The fraction of sp³-hybridized carbons (Fsp3) is 0.556. The fourth-order valence-electron chi connectivity index (χ4n) is 3.83. The molecule has 1 aliphatic heterocycles. The highest BCUT2D eigenvalue weighted by molar-refractivity contribution is 5.90. The summed E-state index contributed by atoms with van der Waals surface area (Å²) in [5.74, 6) is 0.532. The Labute approximate surface area is 152 Å². The van der Waals surface area contributed by atoms with Crippen LogP contribution >= 0.6 is 0 Å². The van der Waals surface area contributed by atoms with E-state index in [1.165, 1.54) is 0 Å². The third-order valence-electron chi connectivity index (χ3n) is 5.06. The zero-order valence-electron chi connectivity index (χ0n) is 14.8. The number of pyridine rings is 1. The van der Waals surface area contributed by atoms with E-state index in [-0.39, 0.29) is 23.9 Å². The monoisotopic (exact) mass is 357 g/mol. The van der Waals surface area contributed by atoms with Crippen molar-refractivity contribution in [1.82, 2.24) is 24.6 Å². The lowest BCUT2D eigenvalue weighted by Gasteiger charge is -2.36. The second-order valence-electron chi connectivity index (χ2n) is 6.93. The van der Waals surface area contributed by atoms with Crippen molar-refractivity contribution in [1.29, 1.82) is 0 Å². The van der Waals surface area contributed by atoms with Gasteiger partial charge in [-0.25, -0.2) is 4.98 Å². The summed E-state index contributed by atoms with van der Waals surface area (Å²) in [6.07, 6.45) is 6.97. The minimum absolute atomic E-state index is 0.0749. The molecule has 3 heterocycles. The van der Waals surface area contributed by atoms with Gasteiger partial charge in [-0.2, -0.15) is 0 Å². The normalized spacial score (nSPS) is 25.3. The molecule has 4 rings (SSSR count). The van der Waals surface area contributed by atoms with Crippen molar-refractivity contribution in [2.75, 3.05) is 19.8 Å². The molecule has 1 aliphatic carbocycles. The van der Waals surface area contributed by atoms with Gasteiger partial charge in [0.25, 0.3) is 5.91 Å². The molecule has 0 spiro atoms. The Morgan fingerprint density at radius 3 is 2.96 bits per heavy atom. The van der Waals surface area contributed by atoms with Gasteiger partial charge in [0.05, 0.1) is 32.0 Å². The molecule has 0 aromatic carbocycles. The van der Waals surface area contributed by atoms with Crippen LogP contribution in [0.5, 0.6) is 0 Å². The first-order valence-corrected chi connectivity index (χ1v) is 8.95. The van der Waals surface area contributed by atoms with Crippen molar-refractivity contribution in [2.24, 2.45) is 13.0 Å². The highest BCUT2D eigenvalue weighted by Gasteiger charge is 2.43. The molecule has 2 aromatic rings. The van der Waals surface area contributed by atoms with Crippen LogP contribution in [0.3, 0.4) is 0 Å². The van der Waals surface area contributed by atoms with Crippen molar-refractivity contribution in [2.45, 2.75) is 31.6 Å². The topological polar surface area (TPSA) is 82.4 Å². The van der Waals surface area contributed by atoms with Crippen molar-refractivity contribution in [3.63, 3.8) is 0 Å². The maximum atomic E-state index is 12.8. The smallest absolute Gasteiger partial charge is 0.293 e. The maximum Gasteiger partial charge on any atom is 0.293 e. The van der Waals surface area contributed by atoms with E-state index in [9.17, 15) is 4.79 Å². The number of morpholine rings is 1. The molecule has 8 nitrogen and oxygen atoms in total. The Morgan fingerprint density at radius 1 is 1.35 bits per heavy atom. The van der Waals surface area contributed by atoms with Crippen LogP contribution < -0.4 is 0 Å². The second-order valence-corrected chi connectivity index (χ2v) is 6.93. The molecule has 0 radical (unpaired) electrons. The van der Waals surface area contributed by atoms with Gasteiger partial charge in [0, 0.05) is 26.0 Å². The maximum absolute atomic E-state index is 12.8. The number of fused-ring (bicyclic) bond motifs is 1. The summed E-state index contributed by atoms with van der Waals surface area (Å²) in [6, 6.07) is 3.99. The summed E-state index contributed by atoms with van der Waals surface area (Å²) in [4.78, 5) is 22.7. The number of hydrogen-bond acceptors (Lipinski definition) is 6. The van der Waals surface area contributed by atoms with Crippen LogP contribution in [0.15, 0.2) is 30.9 Å². The van der Waals surface area contributed by atoms with Gasteiger partial charge in [-0.15, -0.1) is 5.10 Å². The van der Waals surface area contributed by atoms with Crippen LogP contribution in [0.1, 0.15) is 29.0 Å². The minimum atomic E-state index is -0.109. The average Bonchev–Trinajstić information content (AvgIpc) is 3.27. The van der Waals surface area contributed by atoms with E-state index in [2.05, 4.69) is 15.1 Å². The Morgan fingerprint density at radius 2 is 2.19 bits per heavy atom. The molecule has 138 valence electrons. The number of carbonyl (C=O) groups is 1. The predicted molar refractivity (Wildman–Crippen MR) is 92.2 cm³/mol. The van der Waals surface area contributed by atoms with Crippen LogP contribution in [0.2, 0.25) is 0 Å². The molecular weight excluding hydrogens is 334 g/mol. The third-order valence-corrected chi connectivity index (χ3v) is 5.06. The van der Waals surface area contributed by atoms with E-state index in [0.717, 1.165) is 18.4 Å². The standard InChI is InChI=1S/C18H23N5O3/c1-22-12-20-17(21-22)18(24)23-6-7-26-16-9-14(8-15(16)23)11-25-10-13-2-4-19-5-3-13/h2-5,12,14-16H,6-11H2,1H3/t14-,15+,16+/m0/s1. The zero-order valence-corrected chi connectivity index (χ0v) is 14.8. The Balaban J connectivity index is 1.34. The molecule has 8 heteroatoms. The third kappa shape index (κ3) is 3.61. The van der Waals surface area contributed by atoms with Crippen LogP contribution in [0.4, 0.5) is 0 Å². The number of rotatable bonds is 5. The van der Waals surface area contributed by atoms with Gasteiger partial charge >= 0.3 is 0 Å². The first-order valence-electron chi connectivity index (χ1n) is 8.95. The molecule has 0 N–H and O–H groups in total. The summed E-state index contributed by atoms with van der Waals surface area (Å²) < 4.78 is 13.3. The minimum Gasteiger partial charge on any atom is -0.376 e. The molecule has 3 atom stereocenters. The molecule has 2 fully saturated rings. The zero-order chi connectivity index (χ0) is 17.9. The average molecular weight is 357 g/mol. The number of ether oxygens (including phenoxy) is 2. The van der Waals surface area contributed by atoms with Gasteiger partial charge in [-0.3, -0.25) is 14.5 Å². The molecule has 1 amide bonds. The predicted octanol–water partition coefficient (Wildman–Crippen LogP) is 1.05. The van der Waals surface area contributed by atoms with Gasteiger partial charge in [0.2, 0.25) is 5.82 Å². The summed E-state index contributed by atoms with van der Waals surface area (Å²) in [7, 11) is 1.76. The van der Waals surface area contributed by atoms with Crippen molar-refractivity contribution < 1.29 is 14.3 Å². The van der Waals surface area contributed by atoms with Crippen molar-refractivity contribution >= 4 is 5.91 Å². The Bertz CT molecular complexity index is 750. The van der Waals surface area contributed by atoms with E-state index in [1.807, 2.05) is 17.0 Å². The fourth-order valence-corrected chi connectivity index (χ4v) is 3.83. The van der Waals surface area contributed by atoms with Gasteiger partial charge in [0.15, 0.2) is 0 Å². The quantitative estimate of drug-likeness (QED) is 0.795. The first kappa shape index (κ1) is 17.1. The number of hydrogen-bond donors (Lipinski definition) is 0. The van der Waals surface area contributed by atoms with Crippen LogP contribution in [-0.4, -0.2) is 62.5 Å². The second kappa shape index (κ2) is 7.51. The van der Waals surface area contributed by atoms with Gasteiger partial charge in [-0.1, -0.05) is 0 Å². The lowest BCUT2D eigenvalue weighted by atomic mass is 10.1. The van der Waals surface area contributed by atoms with Crippen LogP contribution in [-0.2, 0) is 23.1 Å². The molecule has 1 saturated heterocycles. The van der Waals surface area contributed by atoms with E-state index in [0.29, 0.717) is 32.3 Å². The van der Waals surface area contributed by atoms with E-state index >= 15 is 0 Å². The lowest BCUT2D eigenvalue weighted by molar-refractivity contribution is -0.0454.